The third-order valence-corrected chi connectivity index (χ3v) is 3.81. The first-order valence-corrected chi connectivity index (χ1v) is 6.95. The van der Waals surface area contributed by atoms with E-state index < -0.39 is 5.92 Å². The number of carbonyl (C=O) groups is 1. The van der Waals surface area contributed by atoms with Gasteiger partial charge in [0.1, 0.15) is 5.92 Å². The molecular formula is C17H12ClNO2. The van der Waals surface area contributed by atoms with Crippen molar-refractivity contribution in [2.75, 3.05) is 0 Å². The summed E-state index contributed by atoms with van der Waals surface area (Å²) in [5.74, 6) is -1.06. The number of hydrogen-bond donors (Lipinski definition) is 0. The monoisotopic (exact) mass is 297 g/mol. The number of rotatable bonds is 3. The van der Waals surface area contributed by atoms with E-state index >= 15 is 0 Å². The summed E-state index contributed by atoms with van der Waals surface area (Å²) in [6, 6.07) is 14.4. The van der Waals surface area contributed by atoms with E-state index in [1.807, 2.05) is 12.1 Å². The summed E-state index contributed by atoms with van der Waals surface area (Å²) in [7, 11) is 0. The molecule has 2 aromatic rings. The maximum atomic E-state index is 12.6. The Bertz CT molecular complexity index is 749. The zero-order valence-electron chi connectivity index (χ0n) is 11.2. The molecule has 0 aliphatic carbocycles. The van der Waals surface area contributed by atoms with Gasteiger partial charge in [-0.3, -0.25) is 4.79 Å². The first kappa shape index (κ1) is 13.8. The maximum absolute atomic E-state index is 12.6. The van der Waals surface area contributed by atoms with Crippen LogP contribution in [0.1, 0.15) is 33.0 Å². The summed E-state index contributed by atoms with van der Waals surface area (Å²) in [5.41, 5.74) is 3.27. The molecule has 0 radical (unpaired) electrons. The van der Waals surface area contributed by atoms with Gasteiger partial charge < -0.3 is 4.74 Å². The molecule has 0 saturated heterocycles. The third kappa shape index (κ3) is 2.69. The molecule has 0 spiro atoms. The zero-order chi connectivity index (χ0) is 14.8. The molecular weight excluding hydrogens is 286 g/mol. The molecule has 1 aliphatic rings. The van der Waals surface area contributed by atoms with E-state index in [1.54, 1.807) is 30.3 Å². The van der Waals surface area contributed by atoms with Gasteiger partial charge in [-0.15, -0.1) is 0 Å². The van der Waals surface area contributed by atoms with Crippen LogP contribution >= 0.6 is 11.6 Å². The average Bonchev–Trinajstić information content (AvgIpc) is 2.95. The number of carbonyl (C=O) groups excluding carboxylic acids is 1. The van der Waals surface area contributed by atoms with Crippen molar-refractivity contribution in [1.82, 2.24) is 0 Å². The van der Waals surface area contributed by atoms with E-state index in [0.29, 0.717) is 29.4 Å². The van der Waals surface area contributed by atoms with Gasteiger partial charge >= 0.3 is 0 Å². The number of halogens is 1. The molecule has 3 rings (SSSR count). The minimum Gasteiger partial charge on any atom is -0.372 e. The molecule has 104 valence electrons. The summed E-state index contributed by atoms with van der Waals surface area (Å²) in [4.78, 5) is 12.6. The molecule has 1 unspecified atom stereocenters. The van der Waals surface area contributed by atoms with Crippen molar-refractivity contribution in [3.63, 3.8) is 0 Å². The summed E-state index contributed by atoms with van der Waals surface area (Å²) in [5, 5.41) is 9.87. The fourth-order valence-electron chi connectivity index (χ4n) is 2.46. The van der Waals surface area contributed by atoms with Crippen molar-refractivity contribution >= 4 is 17.4 Å². The van der Waals surface area contributed by atoms with Crippen LogP contribution in [0.25, 0.3) is 0 Å². The van der Waals surface area contributed by atoms with Gasteiger partial charge in [0.25, 0.3) is 0 Å². The van der Waals surface area contributed by atoms with Crippen LogP contribution in [0.2, 0.25) is 5.02 Å². The van der Waals surface area contributed by atoms with Crippen molar-refractivity contribution in [3.8, 4) is 6.07 Å². The van der Waals surface area contributed by atoms with E-state index in [2.05, 4.69) is 6.07 Å². The van der Waals surface area contributed by atoms with Crippen LogP contribution in [0, 0.1) is 11.3 Å². The van der Waals surface area contributed by atoms with E-state index in [-0.39, 0.29) is 5.78 Å². The summed E-state index contributed by atoms with van der Waals surface area (Å²) in [6.07, 6.45) is 0. The standard InChI is InChI=1S/C17H12ClNO2/c18-15-3-1-2-11(7-15)16(8-19)17(20)12-4-5-13-9-21-10-14(13)6-12/h1-7,16H,9-10H2. The van der Waals surface area contributed by atoms with E-state index in [4.69, 9.17) is 16.3 Å². The lowest BCUT2D eigenvalue weighted by atomic mass is 9.90. The molecule has 4 heteroatoms. The SMILES string of the molecule is N#CC(C(=O)c1ccc2c(c1)COC2)c1cccc(Cl)c1. The fraction of sp³-hybridized carbons (Fsp3) is 0.176. The molecule has 0 amide bonds. The van der Waals surface area contributed by atoms with E-state index in [9.17, 15) is 10.1 Å². The lowest BCUT2D eigenvalue weighted by Gasteiger charge is -2.10. The van der Waals surface area contributed by atoms with Gasteiger partial charge in [-0.1, -0.05) is 35.9 Å². The molecule has 0 aromatic heterocycles. The van der Waals surface area contributed by atoms with Gasteiger partial charge in [0.05, 0.1) is 19.3 Å². The molecule has 0 fully saturated rings. The Morgan fingerprint density at radius 3 is 2.76 bits per heavy atom. The summed E-state index contributed by atoms with van der Waals surface area (Å²) < 4.78 is 5.34. The van der Waals surface area contributed by atoms with Gasteiger partial charge in [-0.05, 0) is 34.9 Å². The molecule has 0 N–H and O–H groups in total. The molecule has 21 heavy (non-hydrogen) atoms. The number of nitrogens with zero attached hydrogens (tertiary/aromatic N) is 1. The highest BCUT2D eigenvalue weighted by atomic mass is 35.5. The van der Waals surface area contributed by atoms with Crippen molar-refractivity contribution in [2.45, 2.75) is 19.1 Å². The maximum Gasteiger partial charge on any atom is 0.184 e. The van der Waals surface area contributed by atoms with E-state index in [1.165, 1.54) is 0 Å². The summed E-state index contributed by atoms with van der Waals surface area (Å²) >= 11 is 5.94. The van der Waals surface area contributed by atoms with Gasteiger partial charge in [0.2, 0.25) is 0 Å². The van der Waals surface area contributed by atoms with Crippen LogP contribution in [0.3, 0.4) is 0 Å². The molecule has 1 atom stereocenters. The number of ketones is 1. The lowest BCUT2D eigenvalue weighted by Crippen LogP contribution is -2.11. The number of benzene rings is 2. The second-order valence-electron chi connectivity index (χ2n) is 4.96. The topological polar surface area (TPSA) is 50.1 Å². The molecule has 2 aromatic carbocycles. The third-order valence-electron chi connectivity index (χ3n) is 3.58. The minimum atomic E-state index is -0.843. The smallest absolute Gasteiger partial charge is 0.184 e. The number of ether oxygens (including phenoxy) is 1. The van der Waals surface area contributed by atoms with Crippen LogP contribution in [0.5, 0.6) is 0 Å². The van der Waals surface area contributed by atoms with Gasteiger partial charge in [0.15, 0.2) is 5.78 Å². The highest BCUT2D eigenvalue weighted by Crippen LogP contribution is 2.26. The summed E-state index contributed by atoms with van der Waals surface area (Å²) in [6.45, 7) is 1.10. The molecule has 0 bridgehead atoms. The van der Waals surface area contributed by atoms with Crippen molar-refractivity contribution in [2.24, 2.45) is 0 Å². The van der Waals surface area contributed by atoms with Crippen LogP contribution in [0.4, 0.5) is 0 Å². The minimum absolute atomic E-state index is 0.213. The number of Topliss-reactive ketones (excluding diaryl/α,β-unsaturated/α-hetero) is 1. The zero-order valence-corrected chi connectivity index (χ0v) is 11.9. The second-order valence-corrected chi connectivity index (χ2v) is 5.39. The van der Waals surface area contributed by atoms with Crippen LogP contribution in [-0.2, 0) is 18.0 Å². The lowest BCUT2D eigenvalue weighted by molar-refractivity contribution is 0.0978. The highest BCUT2D eigenvalue weighted by Gasteiger charge is 2.23. The average molecular weight is 298 g/mol. The Kier molecular flexibility index (Phi) is 3.74. The normalized spacial score (nSPS) is 14.3. The fourth-order valence-corrected chi connectivity index (χ4v) is 2.66. The first-order valence-electron chi connectivity index (χ1n) is 6.58. The molecule has 1 heterocycles. The largest absolute Gasteiger partial charge is 0.372 e. The Morgan fingerprint density at radius 2 is 2.00 bits per heavy atom. The van der Waals surface area contributed by atoms with Crippen molar-refractivity contribution < 1.29 is 9.53 Å². The van der Waals surface area contributed by atoms with Crippen molar-refractivity contribution in [3.05, 3.63) is 69.7 Å². The van der Waals surface area contributed by atoms with Crippen LogP contribution < -0.4 is 0 Å². The highest BCUT2D eigenvalue weighted by molar-refractivity contribution is 6.30. The number of nitriles is 1. The Hall–Kier alpha value is -2.15. The Balaban J connectivity index is 1.95. The predicted octanol–water partition coefficient (Wildman–Crippen LogP) is 3.86. The van der Waals surface area contributed by atoms with Crippen LogP contribution in [-0.4, -0.2) is 5.78 Å². The number of fused-ring (bicyclic) bond motifs is 1. The Morgan fingerprint density at radius 1 is 1.19 bits per heavy atom. The Labute approximate surface area is 127 Å². The van der Waals surface area contributed by atoms with Gasteiger partial charge in [0, 0.05) is 10.6 Å². The van der Waals surface area contributed by atoms with Crippen LogP contribution in [0.15, 0.2) is 42.5 Å². The van der Waals surface area contributed by atoms with Gasteiger partial charge in [-0.25, -0.2) is 0 Å². The molecule has 3 nitrogen and oxygen atoms in total. The van der Waals surface area contributed by atoms with E-state index in [0.717, 1.165) is 11.1 Å². The number of hydrogen-bond acceptors (Lipinski definition) is 3. The molecule has 1 aliphatic heterocycles. The first-order chi connectivity index (χ1) is 10.2. The quantitative estimate of drug-likeness (QED) is 0.808. The predicted molar refractivity (Wildman–Crippen MR) is 79.1 cm³/mol. The van der Waals surface area contributed by atoms with Crippen molar-refractivity contribution in [1.29, 1.82) is 5.26 Å². The molecule has 0 saturated carbocycles. The van der Waals surface area contributed by atoms with Gasteiger partial charge in [-0.2, -0.15) is 5.26 Å². The second kappa shape index (κ2) is 5.69.